The monoisotopic (exact) mass is 430 g/mol. The number of carbonyl (C=O) groups is 2. The first-order valence-electron chi connectivity index (χ1n) is 10.8. The fourth-order valence-electron chi connectivity index (χ4n) is 4.06. The van der Waals surface area contributed by atoms with Gasteiger partial charge in [0.1, 0.15) is 26.2 Å². The van der Waals surface area contributed by atoms with Gasteiger partial charge in [-0.2, -0.15) is 0 Å². The Bertz CT molecular complexity index is 825. The molecule has 0 bridgehead atoms. The number of quaternary nitrogens is 2. The molecule has 30 heavy (non-hydrogen) atoms. The molecule has 0 aliphatic carbocycles. The first-order valence-corrected chi connectivity index (χ1v) is 11.7. The van der Waals surface area contributed by atoms with E-state index in [1.807, 2.05) is 45.0 Å². The summed E-state index contributed by atoms with van der Waals surface area (Å²) in [6.45, 7) is 10.8. The van der Waals surface area contributed by atoms with Crippen LogP contribution in [0.15, 0.2) is 35.7 Å². The van der Waals surface area contributed by atoms with Gasteiger partial charge in [-0.05, 0) is 49.8 Å². The van der Waals surface area contributed by atoms with Gasteiger partial charge < -0.3 is 20.4 Å². The lowest BCUT2D eigenvalue weighted by atomic mass is 10.1. The van der Waals surface area contributed by atoms with Gasteiger partial charge in [-0.15, -0.1) is 11.3 Å². The summed E-state index contributed by atoms with van der Waals surface area (Å²) >= 11 is 1.73. The van der Waals surface area contributed by atoms with E-state index in [0.717, 1.165) is 49.4 Å². The average molecular weight is 431 g/mol. The van der Waals surface area contributed by atoms with Gasteiger partial charge in [0, 0.05) is 17.1 Å². The number of thiophene rings is 1. The van der Waals surface area contributed by atoms with E-state index in [4.69, 9.17) is 0 Å². The van der Waals surface area contributed by atoms with Gasteiger partial charge in [0.25, 0.3) is 11.8 Å². The van der Waals surface area contributed by atoms with E-state index in [1.165, 1.54) is 14.7 Å². The van der Waals surface area contributed by atoms with Crippen molar-refractivity contribution in [2.75, 3.05) is 44.6 Å². The van der Waals surface area contributed by atoms with Gasteiger partial charge in [-0.1, -0.05) is 24.3 Å². The van der Waals surface area contributed by atoms with E-state index in [-0.39, 0.29) is 17.9 Å². The number of piperazine rings is 1. The minimum absolute atomic E-state index is 0.0571. The molecule has 1 aromatic heterocycles. The standard InChI is InChI=1S/C23H32N4O2S/c1-17-6-4-7-18(2)22(17)25-21(28)16-26-11-13-27(14-12-26)19(3)23(29)24-10-9-20-8-5-15-30-20/h4-8,15,19H,9-14,16H2,1-3H3,(H,24,29)(H,25,28)/p+2/t19-/m0/s1. The number of nitrogens with one attached hydrogen (secondary N) is 4. The second-order valence-electron chi connectivity index (χ2n) is 8.24. The summed E-state index contributed by atoms with van der Waals surface area (Å²) in [5.74, 6) is 0.183. The second kappa shape index (κ2) is 10.7. The first-order chi connectivity index (χ1) is 14.4. The van der Waals surface area contributed by atoms with Crippen LogP contribution in [0.4, 0.5) is 5.69 Å². The lowest BCUT2D eigenvalue weighted by Gasteiger charge is -2.32. The Morgan fingerprint density at radius 2 is 1.77 bits per heavy atom. The zero-order chi connectivity index (χ0) is 21.5. The summed E-state index contributed by atoms with van der Waals surface area (Å²) < 4.78 is 0. The fourth-order valence-corrected chi connectivity index (χ4v) is 4.77. The number of aryl methyl sites for hydroxylation is 2. The highest BCUT2D eigenvalue weighted by molar-refractivity contribution is 7.09. The van der Waals surface area contributed by atoms with Crippen molar-refractivity contribution in [2.24, 2.45) is 0 Å². The number of para-hydroxylation sites is 1. The van der Waals surface area contributed by atoms with Gasteiger partial charge >= 0.3 is 0 Å². The number of hydrogen-bond acceptors (Lipinski definition) is 3. The van der Waals surface area contributed by atoms with Crippen molar-refractivity contribution in [2.45, 2.75) is 33.2 Å². The van der Waals surface area contributed by atoms with E-state index in [9.17, 15) is 9.59 Å². The van der Waals surface area contributed by atoms with Crippen LogP contribution in [0.25, 0.3) is 0 Å². The van der Waals surface area contributed by atoms with E-state index >= 15 is 0 Å². The smallest absolute Gasteiger partial charge is 0.279 e. The molecule has 2 aromatic rings. The molecule has 0 saturated carbocycles. The third-order valence-electron chi connectivity index (χ3n) is 6.01. The topological polar surface area (TPSA) is 67.1 Å². The number of benzene rings is 1. The molecule has 0 unspecified atom stereocenters. The van der Waals surface area contributed by atoms with Gasteiger partial charge in [-0.25, -0.2) is 0 Å². The van der Waals surface area contributed by atoms with Crippen molar-refractivity contribution in [3.63, 3.8) is 0 Å². The Kier molecular flexibility index (Phi) is 8.01. The molecule has 1 saturated heterocycles. The molecule has 1 fully saturated rings. The third-order valence-corrected chi connectivity index (χ3v) is 6.95. The molecular weight excluding hydrogens is 396 g/mol. The number of anilines is 1. The average Bonchev–Trinajstić information content (AvgIpc) is 3.24. The van der Waals surface area contributed by atoms with Crippen LogP contribution in [0, 0.1) is 13.8 Å². The quantitative estimate of drug-likeness (QED) is 0.470. The molecule has 162 valence electrons. The molecule has 1 aromatic carbocycles. The van der Waals surface area contributed by atoms with Crippen molar-refractivity contribution in [3.05, 3.63) is 51.7 Å². The lowest BCUT2D eigenvalue weighted by molar-refractivity contribution is -1.01. The molecular formula is C23H34N4O2S+2. The maximum absolute atomic E-state index is 12.5. The Hall–Kier alpha value is -2.22. The molecule has 2 amide bonds. The highest BCUT2D eigenvalue weighted by Crippen LogP contribution is 2.18. The van der Waals surface area contributed by atoms with Crippen LogP contribution in [0.2, 0.25) is 0 Å². The van der Waals surface area contributed by atoms with Crippen molar-refractivity contribution in [3.8, 4) is 0 Å². The van der Waals surface area contributed by atoms with Crippen LogP contribution in [0.5, 0.6) is 0 Å². The van der Waals surface area contributed by atoms with E-state index < -0.39 is 0 Å². The SMILES string of the molecule is Cc1cccc(C)c1NC(=O)C[NH+]1CC[NH+]([C@@H](C)C(=O)NCCc2cccs2)CC1. The molecule has 3 rings (SSSR count). The van der Waals surface area contributed by atoms with Crippen LogP contribution in [-0.2, 0) is 16.0 Å². The Balaban J connectivity index is 1.39. The Morgan fingerprint density at radius 1 is 1.07 bits per heavy atom. The van der Waals surface area contributed by atoms with Gasteiger partial charge in [-0.3, -0.25) is 9.59 Å². The largest absolute Gasteiger partial charge is 0.351 e. The van der Waals surface area contributed by atoms with Crippen molar-refractivity contribution in [1.82, 2.24) is 5.32 Å². The van der Waals surface area contributed by atoms with Crippen LogP contribution in [0.1, 0.15) is 22.9 Å². The summed E-state index contributed by atoms with van der Waals surface area (Å²) in [6, 6.07) is 10.1. The van der Waals surface area contributed by atoms with Gasteiger partial charge in [0.05, 0.1) is 0 Å². The molecule has 4 N–H and O–H groups in total. The highest BCUT2D eigenvalue weighted by Gasteiger charge is 2.31. The first kappa shape index (κ1) is 22.5. The summed E-state index contributed by atoms with van der Waals surface area (Å²) in [4.78, 5) is 28.9. The predicted octanol–water partition coefficient (Wildman–Crippen LogP) is -0.166. The third kappa shape index (κ3) is 6.14. The predicted molar refractivity (Wildman–Crippen MR) is 121 cm³/mol. The zero-order valence-electron chi connectivity index (χ0n) is 18.2. The summed E-state index contributed by atoms with van der Waals surface area (Å²) in [5, 5.41) is 8.22. The number of rotatable bonds is 8. The minimum Gasteiger partial charge on any atom is -0.351 e. The molecule has 7 heteroatoms. The Labute approximate surface area is 183 Å². The maximum Gasteiger partial charge on any atom is 0.279 e. The Morgan fingerprint density at radius 3 is 2.40 bits per heavy atom. The number of carbonyl (C=O) groups excluding carboxylic acids is 2. The molecule has 0 radical (unpaired) electrons. The van der Waals surface area contributed by atoms with E-state index in [2.05, 4.69) is 22.1 Å². The van der Waals surface area contributed by atoms with E-state index in [1.54, 1.807) is 11.3 Å². The summed E-state index contributed by atoms with van der Waals surface area (Å²) in [7, 11) is 0. The normalized spacial score (nSPS) is 19.8. The van der Waals surface area contributed by atoms with Crippen LogP contribution < -0.4 is 20.4 Å². The van der Waals surface area contributed by atoms with Crippen molar-refractivity contribution >= 4 is 28.8 Å². The van der Waals surface area contributed by atoms with Crippen molar-refractivity contribution in [1.29, 1.82) is 0 Å². The number of hydrogen-bond donors (Lipinski definition) is 4. The molecule has 1 aliphatic rings. The van der Waals surface area contributed by atoms with Crippen LogP contribution in [0.3, 0.4) is 0 Å². The van der Waals surface area contributed by atoms with E-state index in [0.29, 0.717) is 13.1 Å². The second-order valence-corrected chi connectivity index (χ2v) is 9.27. The van der Waals surface area contributed by atoms with Gasteiger partial charge in [0.15, 0.2) is 12.6 Å². The van der Waals surface area contributed by atoms with Crippen LogP contribution >= 0.6 is 11.3 Å². The zero-order valence-corrected chi connectivity index (χ0v) is 19.0. The maximum atomic E-state index is 12.5. The van der Waals surface area contributed by atoms with Crippen molar-refractivity contribution < 1.29 is 19.4 Å². The van der Waals surface area contributed by atoms with Crippen LogP contribution in [-0.4, -0.2) is 57.1 Å². The summed E-state index contributed by atoms with van der Waals surface area (Å²) in [6.07, 6.45) is 0.888. The molecule has 1 atom stereocenters. The molecule has 0 spiro atoms. The number of amides is 2. The molecule has 6 nitrogen and oxygen atoms in total. The fraction of sp³-hybridized carbons (Fsp3) is 0.478. The lowest BCUT2D eigenvalue weighted by Crippen LogP contribution is -3.30. The molecule has 1 aliphatic heterocycles. The minimum atomic E-state index is -0.0571. The molecule has 2 heterocycles. The highest BCUT2D eigenvalue weighted by atomic mass is 32.1. The van der Waals surface area contributed by atoms with Gasteiger partial charge in [0.2, 0.25) is 0 Å². The summed E-state index contributed by atoms with van der Waals surface area (Å²) in [5.41, 5.74) is 3.11.